The van der Waals surface area contributed by atoms with Gasteiger partial charge in [0, 0.05) is 4.88 Å². The SMILES string of the molecule is CC(Nc1ccccc1S(=O)(=O)C(F)F)c1ccc(Br)s1. The van der Waals surface area contributed by atoms with E-state index in [1.807, 2.05) is 19.1 Å². The zero-order valence-electron chi connectivity index (χ0n) is 10.9. The standard InChI is InChI=1S/C13H12BrF2NO2S2/c1-8(10-6-7-12(14)20-10)17-9-4-2-3-5-11(9)21(18,19)13(15)16/h2-8,13,17H,1H3. The van der Waals surface area contributed by atoms with Crippen molar-refractivity contribution in [3.8, 4) is 0 Å². The van der Waals surface area contributed by atoms with E-state index in [9.17, 15) is 17.2 Å². The number of anilines is 1. The van der Waals surface area contributed by atoms with Crippen LogP contribution in [0.4, 0.5) is 14.5 Å². The number of hydrogen-bond acceptors (Lipinski definition) is 4. The van der Waals surface area contributed by atoms with Crippen LogP contribution in [0.25, 0.3) is 0 Å². The first kappa shape index (κ1) is 16.4. The van der Waals surface area contributed by atoms with Crippen LogP contribution >= 0.6 is 27.3 Å². The smallest absolute Gasteiger partial charge is 0.341 e. The largest absolute Gasteiger partial charge is 0.377 e. The molecule has 2 rings (SSSR count). The Bertz CT molecular complexity index is 731. The predicted octanol–water partition coefficient (Wildman–Crippen LogP) is 4.68. The number of benzene rings is 1. The number of alkyl halides is 2. The van der Waals surface area contributed by atoms with E-state index in [2.05, 4.69) is 21.2 Å². The van der Waals surface area contributed by atoms with Crippen molar-refractivity contribution < 1.29 is 17.2 Å². The molecule has 1 unspecified atom stereocenters. The van der Waals surface area contributed by atoms with Gasteiger partial charge in [-0.2, -0.15) is 8.78 Å². The summed E-state index contributed by atoms with van der Waals surface area (Å²) in [7, 11) is -4.63. The fourth-order valence-electron chi connectivity index (χ4n) is 1.80. The second-order valence-electron chi connectivity index (χ2n) is 4.31. The maximum atomic E-state index is 12.7. The first-order chi connectivity index (χ1) is 9.82. The van der Waals surface area contributed by atoms with E-state index in [-0.39, 0.29) is 16.6 Å². The normalized spacial score (nSPS) is 13.4. The maximum absolute atomic E-state index is 12.7. The van der Waals surface area contributed by atoms with E-state index in [0.29, 0.717) is 0 Å². The molecular weight excluding hydrogens is 384 g/mol. The number of hydrogen-bond donors (Lipinski definition) is 1. The lowest BCUT2D eigenvalue weighted by Crippen LogP contribution is -2.15. The fraction of sp³-hybridized carbons (Fsp3) is 0.231. The second kappa shape index (κ2) is 6.41. The van der Waals surface area contributed by atoms with E-state index in [1.165, 1.54) is 29.5 Å². The van der Waals surface area contributed by atoms with Crippen LogP contribution in [-0.4, -0.2) is 14.2 Å². The van der Waals surface area contributed by atoms with Gasteiger partial charge in [-0.1, -0.05) is 12.1 Å². The summed E-state index contributed by atoms with van der Waals surface area (Å²) in [4.78, 5) is 0.577. The topological polar surface area (TPSA) is 46.2 Å². The van der Waals surface area contributed by atoms with Crippen molar-refractivity contribution in [2.45, 2.75) is 23.6 Å². The number of rotatable bonds is 5. The van der Waals surface area contributed by atoms with Crippen LogP contribution in [0.5, 0.6) is 0 Å². The average Bonchev–Trinajstić information content (AvgIpc) is 2.86. The fourth-order valence-corrected chi connectivity index (χ4v) is 4.11. The second-order valence-corrected chi connectivity index (χ2v) is 8.69. The molecule has 8 heteroatoms. The summed E-state index contributed by atoms with van der Waals surface area (Å²) in [5.41, 5.74) is 0.176. The van der Waals surface area contributed by atoms with Crippen molar-refractivity contribution in [1.29, 1.82) is 0 Å². The Labute approximate surface area is 134 Å². The van der Waals surface area contributed by atoms with Crippen molar-refractivity contribution in [3.05, 3.63) is 45.1 Å². The number of thiophene rings is 1. The van der Waals surface area contributed by atoms with Crippen molar-refractivity contribution in [2.24, 2.45) is 0 Å². The molecule has 0 bridgehead atoms. The van der Waals surface area contributed by atoms with E-state index in [4.69, 9.17) is 0 Å². The molecule has 2 aromatic rings. The molecule has 1 N–H and O–H groups in total. The molecule has 0 aliphatic rings. The predicted molar refractivity (Wildman–Crippen MR) is 83.7 cm³/mol. The van der Waals surface area contributed by atoms with Gasteiger partial charge in [0.1, 0.15) is 0 Å². The number of sulfone groups is 1. The third-order valence-corrected chi connectivity index (χ3v) is 6.07. The summed E-state index contributed by atoms with van der Waals surface area (Å²) < 4.78 is 49.7. The van der Waals surface area contributed by atoms with Crippen molar-refractivity contribution in [3.63, 3.8) is 0 Å². The minimum absolute atomic E-state index is 0.176. The summed E-state index contributed by atoms with van der Waals surface area (Å²) in [5, 5.41) is 2.98. The Morgan fingerprint density at radius 3 is 2.43 bits per heavy atom. The summed E-state index contributed by atoms with van der Waals surface area (Å²) in [6.45, 7) is 1.84. The van der Waals surface area contributed by atoms with Crippen molar-refractivity contribution in [2.75, 3.05) is 5.32 Å². The third-order valence-electron chi connectivity index (χ3n) is 2.82. The zero-order valence-corrected chi connectivity index (χ0v) is 14.1. The third kappa shape index (κ3) is 3.61. The molecule has 0 spiro atoms. The highest BCUT2D eigenvalue weighted by molar-refractivity contribution is 9.11. The van der Waals surface area contributed by atoms with Crippen LogP contribution in [0.2, 0.25) is 0 Å². The molecule has 1 aromatic heterocycles. The molecule has 0 aliphatic heterocycles. The van der Waals surface area contributed by atoms with Gasteiger partial charge in [-0.3, -0.25) is 0 Å². The van der Waals surface area contributed by atoms with Gasteiger partial charge >= 0.3 is 5.76 Å². The van der Waals surface area contributed by atoms with Crippen LogP contribution in [0, 0.1) is 0 Å². The number of nitrogens with one attached hydrogen (secondary N) is 1. The molecular formula is C13H12BrF2NO2S2. The summed E-state index contributed by atoms with van der Waals surface area (Å²) in [5.74, 6) is -3.44. The number of para-hydroxylation sites is 1. The van der Waals surface area contributed by atoms with E-state index in [0.717, 1.165) is 8.66 Å². The Morgan fingerprint density at radius 2 is 1.86 bits per heavy atom. The van der Waals surface area contributed by atoms with Gasteiger partial charge in [0.2, 0.25) is 9.84 Å². The molecule has 0 saturated heterocycles. The summed E-state index contributed by atoms with van der Waals surface area (Å²) >= 11 is 4.84. The van der Waals surface area contributed by atoms with E-state index >= 15 is 0 Å². The molecule has 1 heterocycles. The lowest BCUT2D eigenvalue weighted by molar-refractivity contribution is 0.235. The molecule has 0 aliphatic carbocycles. The molecule has 0 saturated carbocycles. The van der Waals surface area contributed by atoms with Gasteiger partial charge in [-0.05, 0) is 47.1 Å². The first-order valence-corrected chi connectivity index (χ1v) is 9.11. The summed E-state index contributed by atoms with van der Waals surface area (Å²) in [6, 6.07) is 9.25. The Hall–Kier alpha value is -0.990. The Balaban J connectivity index is 2.33. The summed E-state index contributed by atoms with van der Waals surface area (Å²) in [6.07, 6.45) is 0. The number of halogens is 3. The van der Waals surface area contributed by atoms with E-state index < -0.39 is 15.6 Å². The highest BCUT2D eigenvalue weighted by Gasteiger charge is 2.29. The van der Waals surface area contributed by atoms with Crippen LogP contribution in [0.1, 0.15) is 17.8 Å². The van der Waals surface area contributed by atoms with Crippen LogP contribution in [-0.2, 0) is 9.84 Å². The first-order valence-electron chi connectivity index (χ1n) is 5.95. The highest BCUT2D eigenvalue weighted by Crippen LogP contribution is 2.32. The zero-order chi connectivity index (χ0) is 15.6. The monoisotopic (exact) mass is 395 g/mol. The minimum Gasteiger partial charge on any atom is -0.377 e. The van der Waals surface area contributed by atoms with Crippen molar-refractivity contribution >= 4 is 42.8 Å². The van der Waals surface area contributed by atoms with Gasteiger partial charge in [0.15, 0.2) is 0 Å². The maximum Gasteiger partial charge on any atom is 0.341 e. The van der Waals surface area contributed by atoms with Crippen LogP contribution in [0.15, 0.2) is 45.1 Å². The van der Waals surface area contributed by atoms with Crippen LogP contribution < -0.4 is 5.32 Å². The van der Waals surface area contributed by atoms with Crippen molar-refractivity contribution in [1.82, 2.24) is 0 Å². The average molecular weight is 396 g/mol. The Morgan fingerprint density at radius 1 is 1.19 bits per heavy atom. The highest BCUT2D eigenvalue weighted by atomic mass is 79.9. The molecule has 0 radical (unpaired) electrons. The lowest BCUT2D eigenvalue weighted by atomic mass is 10.2. The van der Waals surface area contributed by atoms with Gasteiger partial charge in [0.05, 0.1) is 20.4 Å². The molecule has 1 atom stereocenters. The molecule has 0 amide bonds. The Kier molecular flexibility index (Phi) is 5.00. The molecule has 1 aromatic carbocycles. The van der Waals surface area contributed by atoms with Gasteiger partial charge in [-0.15, -0.1) is 11.3 Å². The van der Waals surface area contributed by atoms with Crippen LogP contribution in [0.3, 0.4) is 0 Å². The lowest BCUT2D eigenvalue weighted by Gasteiger charge is -2.17. The van der Waals surface area contributed by atoms with Gasteiger partial charge in [-0.25, -0.2) is 8.42 Å². The van der Waals surface area contributed by atoms with Gasteiger partial charge < -0.3 is 5.32 Å². The minimum atomic E-state index is -4.63. The molecule has 114 valence electrons. The quantitative estimate of drug-likeness (QED) is 0.799. The van der Waals surface area contributed by atoms with E-state index in [1.54, 1.807) is 6.07 Å². The molecule has 3 nitrogen and oxygen atoms in total. The molecule has 21 heavy (non-hydrogen) atoms. The van der Waals surface area contributed by atoms with Gasteiger partial charge in [0.25, 0.3) is 0 Å². The molecule has 0 fully saturated rings.